The van der Waals surface area contributed by atoms with Crippen molar-refractivity contribution in [3.63, 3.8) is 0 Å². The van der Waals surface area contributed by atoms with Crippen molar-refractivity contribution in [1.29, 1.82) is 0 Å². The van der Waals surface area contributed by atoms with Crippen molar-refractivity contribution in [1.82, 2.24) is 20.5 Å². The Balaban J connectivity index is 1.83. The number of aliphatic imine (C=N–C) groups is 1. The Morgan fingerprint density at radius 2 is 1.96 bits per heavy atom. The van der Waals surface area contributed by atoms with E-state index in [0.717, 1.165) is 37.6 Å². The zero-order valence-electron chi connectivity index (χ0n) is 17.5. The maximum Gasteiger partial charge on any atom is 0.218 e. The van der Waals surface area contributed by atoms with Gasteiger partial charge in [-0.2, -0.15) is 0 Å². The minimum atomic E-state index is 0.467. The average Bonchev–Trinajstić information content (AvgIpc) is 2.72. The Hall–Kier alpha value is -2.60. The van der Waals surface area contributed by atoms with E-state index < -0.39 is 0 Å². The second kappa shape index (κ2) is 12.0. The highest BCUT2D eigenvalue weighted by Gasteiger charge is 2.10. The van der Waals surface area contributed by atoms with Crippen LogP contribution < -0.4 is 15.4 Å². The number of aromatic nitrogens is 1. The molecule has 0 saturated heterocycles. The normalized spacial score (nSPS) is 12.7. The quantitative estimate of drug-likeness (QED) is 0.488. The average molecular weight is 384 g/mol. The summed E-state index contributed by atoms with van der Waals surface area (Å²) in [7, 11) is 3.80. The number of nitrogens with one attached hydrogen (secondary N) is 2. The molecule has 2 N–H and O–H groups in total. The Bertz CT molecular complexity index is 720. The predicted molar refractivity (Wildman–Crippen MR) is 116 cm³/mol. The summed E-state index contributed by atoms with van der Waals surface area (Å²) in [6.07, 6.45) is 2.76. The molecule has 1 heterocycles. The van der Waals surface area contributed by atoms with Crippen molar-refractivity contribution in [3.8, 4) is 5.88 Å². The number of rotatable bonds is 10. The molecule has 1 aromatic heterocycles. The summed E-state index contributed by atoms with van der Waals surface area (Å²) >= 11 is 0. The summed E-state index contributed by atoms with van der Waals surface area (Å²) in [6.45, 7) is 7.48. The van der Waals surface area contributed by atoms with Crippen LogP contribution in [0.1, 0.15) is 31.4 Å². The van der Waals surface area contributed by atoms with Gasteiger partial charge in [-0.1, -0.05) is 36.4 Å². The first kappa shape index (κ1) is 21.7. The number of pyridine rings is 1. The van der Waals surface area contributed by atoms with Gasteiger partial charge in [0.25, 0.3) is 0 Å². The number of guanidine groups is 1. The monoisotopic (exact) mass is 383 g/mol. The van der Waals surface area contributed by atoms with Crippen LogP contribution in [0.4, 0.5) is 0 Å². The Morgan fingerprint density at radius 1 is 1.18 bits per heavy atom. The van der Waals surface area contributed by atoms with E-state index >= 15 is 0 Å². The number of methoxy groups -OCH3 is 1. The first-order valence-corrected chi connectivity index (χ1v) is 9.88. The molecule has 2 rings (SSSR count). The summed E-state index contributed by atoms with van der Waals surface area (Å²) < 4.78 is 5.30. The van der Waals surface area contributed by atoms with Crippen LogP contribution in [-0.2, 0) is 13.1 Å². The molecular weight excluding hydrogens is 350 g/mol. The van der Waals surface area contributed by atoms with Crippen LogP contribution in [0.15, 0.2) is 53.7 Å². The highest BCUT2D eigenvalue weighted by Crippen LogP contribution is 2.14. The van der Waals surface area contributed by atoms with Crippen LogP contribution in [-0.4, -0.2) is 49.1 Å². The second-order valence-corrected chi connectivity index (χ2v) is 6.83. The molecule has 28 heavy (non-hydrogen) atoms. The maximum atomic E-state index is 5.30. The largest absolute Gasteiger partial charge is 0.481 e. The second-order valence-electron chi connectivity index (χ2n) is 6.83. The van der Waals surface area contributed by atoms with Gasteiger partial charge in [-0.15, -0.1) is 0 Å². The maximum absolute atomic E-state index is 5.30. The van der Waals surface area contributed by atoms with Gasteiger partial charge in [-0.3, -0.25) is 4.90 Å². The van der Waals surface area contributed by atoms with Gasteiger partial charge in [-0.05, 0) is 38.9 Å². The van der Waals surface area contributed by atoms with E-state index in [4.69, 9.17) is 4.74 Å². The molecule has 0 spiro atoms. The summed E-state index contributed by atoms with van der Waals surface area (Å²) in [4.78, 5) is 11.3. The first-order valence-electron chi connectivity index (χ1n) is 9.88. The fourth-order valence-electron chi connectivity index (χ4n) is 2.88. The molecule has 0 amide bonds. The lowest BCUT2D eigenvalue weighted by molar-refractivity contribution is 0.238. The third-order valence-corrected chi connectivity index (χ3v) is 4.68. The van der Waals surface area contributed by atoms with Crippen molar-refractivity contribution in [2.75, 3.05) is 27.2 Å². The van der Waals surface area contributed by atoms with E-state index in [2.05, 4.69) is 76.7 Å². The molecule has 0 saturated carbocycles. The minimum absolute atomic E-state index is 0.467. The van der Waals surface area contributed by atoms with E-state index in [-0.39, 0.29) is 0 Å². The molecule has 1 atom stereocenters. The molecule has 0 aliphatic rings. The van der Waals surface area contributed by atoms with Crippen LogP contribution in [0, 0.1) is 0 Å². The molecule has 6 nitrogen and oxygen atoms in total. The lowest BCUT2D eigenvalue weighted by atomic mass is 10.1. The molecular formula is C22H33N5O. The fourth-order valence-corrected chi connectivity index (χ4v) is 2.88. The summed E-state index contributed by atoms with van der Waals surface area (Å²) in [5.41, 5.74) is 2.31. The van der Waals surface area contributed by atoms with Gasteiger partial charge in [0.15, 0.2) is 5.96 Å². The number of hydrogen-bond donors (Lipinski definition) is 2. The van der Waals surface area contributed by atoms with Crippen LogP contribution in [0.25, 0.3) is 0 Å². The van der Waals surface area contributed by atoms with E-state index in [1.165, 1.54) is 5.56 Å². The van der Waals surface area contributed by atoms with Gasteiger partial charge < -0.3 is 15.4 Å². The Kier molecular flexibility index (Phi) is 9.28. The van der Waals surface area contributed by atoms with Gasteiger partial charge in [0, 0.05) is 37.4 Å². The zero-order chi connectivity index (χ0) is 20.2. The van der Waals surface area contributed by atoms with Gasteiger partial charge in [0.1, 0.15) is 0 Å². The van der Waals surface area contributed by atoms with Gasteiger partial charge in [-0.25, -0.2) is 9.98 Å². The number of ether oxygens (including phenoxy) is 1. The highest BCUT2D eigenvalue weighted by molar-refractivity contribution is 5.79. The molecule has 0 radical (unpaired) electrons. The topological polar surface area (TPSA) is 61.8 Å². The molecule has 1 unspecified atom stereocenters. The van der Waals surface area contributed by atoms with Crippen molar-refractivity contribution in [3.05, 3.63) is 59.8 Å². The number of hydrogen-bond acceptors (Lipinski definition) is 4. The molecule has 6 heteroatoms. The van der Waals surface area contributed by atoms with Crippen molar-refractivity contribution in [2.24, 2.45) is 4.99 Å². The number of benzene rings is 1. The standard InChI is InChI=1S/C22H33N5O/c1-5-23-22(26-16-20-12-9-14-24-21(20)28-4)25-15-13-18(2)27(3)17-19-10-7-6-8-11-19/h6-12,14,18H,5,13,15-17H2,1-4H3,(H2,23,25,26). The lowest BCUT2D eigenvalue weighted by Crippen LogP contribution is -2.40. The van der Waals surface area contributed by atoms with Gasteiger partial charge >= 0.3 is 0 Å². The molecule has 0 aliphatic heterocycles. The van der Waals surface area contributed by atoms with Crippen LogP contribution in [0.5, 0.6) is 5.88 Å². The summed E-state index contributed by atoms with van der Waals surface area (Å²) in [5.74, 6) is 1.43. The van der Waals surface area contributed by atoms with Crippen LogP contribution >= 0.6 is 0 Å². The van der Waals surface area contributed by atoms with Gasteiger partial charge in [0.2, 0.25) is 5.88 Å². The van der Waals surface area contributed by atoms with E-state index in [1.807, 2.05) is 12.1 Å². The minimum Gasteiger partial charge on any atom is -0.481 e. The van der Waals surface area contributed by atoms with E-state index in [1.54, 1.807) is 13.3 Å². The Labute approximate surface area is 169 Å². The molecule has 1 aromatic carbocycles. The number of nitrogens with zero attached hydrogens (tertiary/aromatic N) is 3. The van der Waals surface area contributed by atoms with Gasteiger partial charge in [0.05, 0.1) is 13.7 Å². The highest BCUT2D eigenvalue weighted by atomic mass is 16.5. The van der Waals surface area contributed by atoms with Crippen molar-refractivity contribution < 1.29 is 4.74 Å². The van der Waals surface area contributed by atoms with E-state index in [0.29, 0.717) is 18.5 Å². The van der Waals surface area contributed by atoms with Crippen molar-refractivity contribution >= 4 is 5.96 Å². The Morgan fingerprint density at radius 3 is 2.68 bits per heavy atom. The molecule has 0 fully saturated rings. The molecule has 152 valence electrons. The van der Waals surface area contributed by atoms with Crippen LogP contribution in [0.3, 0.4) is 0 Å². The smallest absolute Gasteiger partial charge is 0.218 e. The first-order chi connectivity index (χ1) is 13.6. The third-order valence-electron chi connectivity index (χ3n) is 4.68. The summed E-state index contributed by atoms with van der Waals surface area (Å²) in [6, 6.07) is 14.9. The fraction of sp³-hybridized carbons (Fsp3) is 0.455. The predicted octanol–water partition coefficient (Wildman–Crippen LogP) is 3.06. The zero-order valence-corrected chi connectivity index (χ0v) is 17.5. The van der Waals surface area contributed by atoms with Crippen LogP contribution in [0.2, 0.25) is 0 Å². The lowest BCUT2D eigenvalue weighted by Gasteiger charge is -2.25. The molecule has 2 aromatic rings. The summed E-state index contributed by atoms with van der Waals surface area (Å²) in [5, 5.41) is 6.73. The van der Waals surface area contributed by atoms with Crippen molar-refractivity contribution in [2.45, 2.75) is 39.4 Å². The SMILES string of the molecule is CCNC(=NCc1cccnc1OC)NCCC(C)N(C)Cc1ccccc1. The molecule has 0 aliphatic carbocycles. The van der Waals surface area contributed by atoms with E-state index in [9.17, 15) is 0 Å². The third kappa shape index (κ3) is 7.19. The molecule has 0 bridgehead atoms.